The van der Waals surface area contributed by atoms with Crippen molar-refractivity contribution >= 4 is 17.7 Å². The van der Waals surface area contributed by atoms with Crippen molar-refractivity contribution in [2.24, 2.45) is 0 Å². The summed E-state index contributed by atoms with van der Waals surface area (Å²) < 4.78 is 0. The molecule has 0 spiro atoms. The van der Waals surface area contributed by atoms with E-state index in [2.05, 4.69) is 23.9 Å². The fraction of sp³-hybridized carbons (Fsp3) is 0.833. The molecule has 21 heavy (non-hydrogen) atoms. The van der Waals surface area contributed by atoms with Crippen molar-refractivity contribution in [2.45, 2.75) is 96.8 Å². The zero-order chi connectivity index (χ0) is 15.6. The quantitative estimate of drug-likeness (QED) is 0.214. The van der Waals surface area contributed by atoms with Crippen molar-refractivity contribution in [2.75, 3.05) is 0 Å². The molecule has 0 aliphatic heterocycles. The summed E-state index contributed by atoms with van der Waals surface area (Å²) in [6.45, 7) is 2.26. The molecule has 0 atom stereocenters. The number of amides is 1. The fourth-order valence-electron chi connectivity index (χ4n) is 2.40. The van der Waals surface area contributed by atoms with E-state index in [0.29, 0.717) is 6.42 Å². The number of unbranched alkanes of at least 4 members (excludes halogenated alkanes) is 11. The third-order valence-electron chi connectivity index (χ3n) is 3.77. The summed E-state index contributed by atoms with van der Waals surface area (Å²) >= 11 is 5.21. The van der Waals surface area contributed by atoms with Gasteiger partial charge in [0.1, 0.15) is 0 Å². The second-order valence-electron chi connectivity index (χ2n) is 5.85. The predicted molar refractivity (Wildman–Crippen MR) is 93.4 cm³/mol. The van der Waals surface area contributed by atoms with Crippen molar-refractivity contribution in [3.63, 3.8) is 0 Å². The monoisotopic (exact) mass is 315 g/mol. The highest BCUT2D eigenvalue weighted by atomic mass is 35.5. The molecule has 0 aromatic heterocycles. The van der Waals surface area contributed by atoms with Crippen LogP contribution in [0.2, 0.25) is 0 Å². The second kappa shape index (κ2) is 17.6. The van der Waals surface area contributed by atoms with E-state index in [1.54, 1.807) is 0 Å². The highest BCUT2D eigenvalue weighted by Crippen LogP contribution is 2.09. The Hall–Kier alpha value is -0.500. The summed E-state index contributed by atoms with van der Waals surface area (Å²) in [5, 5.41) is 0. The van der Waals surface area contributed by atoms with Crippen molar-refractivity contribution < 1.29 is 4.79 Å². The zero-order valence-electron chi connectivity index (χ0n) is 13.8. The summed E-state index contributed by atoms with van der Waals surface area (Å²) in [6, 6.07) is 0. The van der Waals surface area contributed by atoms with Crippen molar-refractivity contribution in [3.8, 4) is 0 Å². The van der Waals surface area contributed by atoms with E-state index in [0.717, 1.165) is 12.8 Å². The molecule has 3 heteroatoms. The van der Waals surface area contributed by atoms with Gasteiger partial charge in [-0.15, -0.1) is 0 Å². The van der Waals surface area contributed by atoms with E-state index in [1.807, 2.05) is 0 Å². The van der Waals surface area contributed by atoms with E-state index >= 15 is 0 Å². The van der Waals surface area contributed by atoms with Gasteiger partial charge in [0.05, 0.1) is 0 Å². The number of hydrogen-bond acceptors (Lipinski definition) is 1. The molecule has 0 bridgehead atoms. The summed E-state index contributed by atoms with van der Waals surface area (Å²) in [7, 11) is 0. The van der Waals surface area contributed by atoms with Crippen LogP contribution in [-0.4, -0.2) is 5.91 Å². The van der Waals surface area contributed by atoms with Crippen molar-refractivity contribution in [3.05, 3.63) is 12.2 Å². The fourth-order valence-corrected chi connectivity index (χ4v) is 2.50. The van der Waals surface area contributed by atoms with Gasteiger partial charge in [0, 0.05) is 18.2 Å². The highest BCUT2D eigenvalue weighted by molar-refractivity contribution is 6.21. The number of rotatable bonds is 15. The molecule has 0 heterocycles. The van der Waals surface area contributed by atoms with Gasteiger partial charge in [-0.05, 0) is 32.1 Å². The van der Waals surface area contributed by atoms with Gasteiger partial charge >= 0.3 is 0 Å². The molecule has 0 aromatic carbocycles. The first-order valence-corrected chi connectivity index (χ1v) is 9.23. The van der Waals surface area contributed by atoms with Gasteiger partial charge in [-0.25, -0.2) is 0 Å². The Morgan fingerprint density at radius 2 is 1.29 bits per heavy atom. The molecule has 1 N–H and O–H groups in total. The van der Waals surface area contributed by atoms with Crippen LogP contribution in [0.1, 0.15) is 96.8 Å². The largest absolute Gasteiger partial charge is 0.274 e. The molecule has 0 radical (unpaired) electrons. The Morgan fingerprint density at radius 3 is 1.81 bits per heavy atom. The van der Waals surface area contributed by atoms with Gasteiger partial charge in [0.15, 0.2) is 0 Å². The number of hydrogen-bond donors (Lipinski definition) is 1. The van der Waals surface area contributed by atoms with Crippen LogP contribution in [0.5, 0.6) is 0 Å². The standard InChI is InChI=1S/C18H34ClNO/c1-2-3-4-5-6-7-8-9-10-11-12-13-14-15-16-17-18(21)20-19/h9-10H,2-8,11-17H2,1H3,(H,20,21)/b10-9-. The van der Waals surface area contributed by atoms with Crippen LogP contribution in [0, 0.1) is 0 Å². The summed E-state index contributed by atoms with van der Waals surface area (Å²) in [4.78, 5) is 13.0. The number of halogens is 1. The molecular formula is C18H34ClNO. The predicted octanol–water partition coefficient (Wildman–Crippen LogP) is 6.29. The minimum atomic E-state index is -0.0608. The Bertz CT molecular complexity index is 254. The maximum Gasteiger partial charge on any atom is 0.234 e. The minimum Gasteiger partial charge on any atom is -0.274 e. The first-order valence-electron chi connectivity index (χ1n) is 8.85. The van der Waals surface area contributed by atoms with Gasteiger partial charge in [0.2, 0.25) is 5.91 Å². The molecule has 0 saturated carbocycles. The van der Waals surface area contributed by atoms with Crippen LogP contribution in [0.4, 0.5) is 0 Å². The average molecular weight is 316 g/mol. The first kappa shape index (κ1) is 20.5. The van der Waals surface area contributed by atoms with Gasteiger partial charge in [-0.2, -0.15) is 0 Å². The van der Waals surface area contributed by atoms with Crippen LogP contribution >= 0.6 is 11.8 Å². The molecule has 0 rings (SSSR count). The van der Waals surface area contributed by atoms with Crippen LogP contribution < -0.4 is 4.84 Å². The highest BCUT2D eigenvalue weighted by Gasteiger charge is 1.97. The van der Waals surface area contributed by atoms with Crippen molar-refractivity contribution in [1.82, 2.24) is 4.84 Å². The molecule has 0 aromatic rings. The van der Waals surface area contributed by atoms with Gasteiger partial charge < -0.3 is 0 Å². The molecule has 0 fully saturated rings. The maximum atomic E-state index is 10.9. The van der Waals surface area contributed by atoms with E-state index in [4.69, 9.17) is 11.8 Å². The third-order valence-corrected chi connectivity index (χ3v) is 3.98. The number of allylic oxidation sites excluding steroid dienone is 2. The maximum absolute atomic E-state index is 10.9. The van der Waals surface area contributed by atoms with Gasteiger partial charge in [0.25, 0.3) is 0 Å². The zero-order valence-corrected chi connectivity index (χ0v) is 14.6. The topological polar surface area (TPSA) is 29.1 Å². The molecule has 1 amide bonds. The first-order chi connectivity index (χ1) is 10.3. The molecular weight excluding hydrogens is 282 g/mol. The molecule has 0 aliphatic carbocycles. The Kier molecular flexibility index (Phi) is 17.1. The average Bonchev–Trinajstić information content (AvgIpc) is 2.50. The lowest BCUT2D eigenvalue weighted by molar-refractivity contribution is -0.119. The number of carbonyl (C=O) groups is 1. The van der Waals surface area contributed by atoms with E-state index in [-0.39, 0.29) is 5.91 Å². The number of carbonyl (C=O) groups excluding carboxylic acids is 1. The molecule has 0 saturated heterocycles. The lowest BCUT2D eigenvalue weighted by Crippen LogP contribution is -2.11. The van der Waals surface area contributed by atoms with Crippen molar-refractivity contribution in [1.29, 1.82) is 0 Å². The molecule has 0 aliphatic rings. The smallest absolute Gasteiger partial charge is 0.234 e. The molecule has 0 unspecified atom stereocenters. The lowest BCUT2D eigenvalue weighted by Gasteiger charge is -2.00. The van der Waals surface area contributed by atoms with Gasteiger partial charge in [-0.3, -0.25) is 9.63 Å². The van der Waals surface area contributed by atoms with E-state index in [1.165, 1.54) is 70.6 Å². The summed E-state index contributed by atoms with van der Waals surface area (Å²) in [5.41, 5.74) is 0. The van der Waals surface area contributed by atoms with E-state index < -0.39 is 0 Å². The minimum absolute atomic E-state index is 0.0608. The number of nitrogens with one attached hydrogen (secondary N) is 1. The summed E-state index contributed by atoms with van der Waals surface area (Å²) in [6.07, 6.45) is 21.8. The molecule has 2 nitrogen and oxygen atoms in total. The Balaban J connectivity index is 3.10. The van der Waals surface area contributed by atoms with Crippen LogP contribution in [0.25, 0.3) is 0 Å². The van der Waals surface area contributed by atoms with Gasteiger partial charge in [-0.1, -0.05) is 70.4 Å². The van der Waals surface area contributed by atoms with Crippen LogP contribution in [0.15, 0.2) is 12.2 Å². The lowest BCUT2D eigenvalue weighted by atomic mass is 10.1. The second-order valence-corrected chi connectivity index (χ2v) is 6.04. The normalized spacial score (nSPS) is 11.1. The Morgan fingerprint density at radius 1 is 0.810 bits per heavy atom. The molecule has 124 valence electrons. The summed E-state index contributed by atoms with van der Waals surface area (Å²) in [5.74, 6) is -0.0608. The van der Waals surface area contributed by atoms with E-state index in [9.17, 15) is 4.79 Å². The SMILES string of the molecule is CCCCCCCC/C=C\CCCCCCCC(=O)NCl. The van der Waals surface area contributed by atoms with Crippen LogP contribution in [0.3, 0.4) is 0 Å². The Labute approximate surface area is 136 Å². The van der Waals surface area contributed by atoms with Crippen LogP contribution in [-0.2, 0) is 4.79 Å². The third kappa shape index (κ3) is 17.4.